The molecule has 4 nitrogen and oxygen atoms in total. The van der Waals surface area contributed by atoms with E-state index in [-0.39, 0.29) is 30.1 Å². The summed E-state index contributed by atoms with van der Waals surface area (Å²) in [6.45, 7) is 5.88. The van der Waals surface area contributed by atoms with Crippen molar-refractivity contribution in [1.82, 2.24) is 10.2 Å². The molecule has 21 heavy (non-hydrogen) atoms. The number of halogens is 2. The zero-order valence-corrected chi connectivity index (χ0v) is 12.8. The molecular formula is C15H22F2N2O2. The molecular weight excluding hydrogens is 278 g/mol. The highest BCUT2D eigenvalue weighted by atomic mass is 19.2. The third-order valence-corrected chi connectivity index (χ3v) is 2.74. The second-order valence-corrected chi connectivity index (χ2v) is 6.18. The van der Waals surface area contributed by atoms with E-state index in [4.69, 9.17) is 0 Å². The number of hydrogen-bond acceptors (Lipinski definition) is 3. The number of carbonyl (C=O) groups is 1. The van der Waals surface area contributed by atoms with Gasteiger partial charge >= 0.3 is 0 Å². The summed E-state index contributed by atoms with van der Waals surface area (Å²) in [7, 11) is 1.67. The summed E-state index contributed by atoms with van der Waals surface area (Å²) in [6.07, 6.45) is -0.993. The molecule has 0 bridgehead atoms. The Hall–Kier alpha value is -1.53. The van der Waals surface area contributed by atoms with Gasteiger partial charge in [-0.2, -0.15) is 0 Å². The highest BCUT2D eigenvalue weighted by Crippen LogP contribution is 2.17. The topological polar surface area (TPSA) is 52.6 Å². The number of carbonyl (C=O) groups excluding carboxylic acids is 1. The molecule has 0 fully saturated rings. The van der Waals surface area contributed by atoms with Crippen molar-refractivity contribution in [3.63, 3.8) is 0 Å². The van der Waals surface area contributed by atoms with Crippen LogP contribution in [0.4, 0.5) is 8.78 Å². The van der Waals surface area contributed by atoms with E-state index in [9.17, 15) is 18.7 Å². The van der Waals surface area contributed by atoms with E-state index in [1.54, 1.807) is 11.9 Å². The van der Waals surface area contributed by atoms with Crippen LogP contribution in [0.2, 0.25) is 0 Å². The van der Waals surface area contributed by atoms with E-state index in [0.29, 0.717) is 0 Å². The maximum Gasteiger partial charge on any atom is 0.234 e. The molecule has 1 rings (SSSR count). The zero-order valence-electron chi connectivity index (χ0n) is 12.8. The summed E-state index contributed by atoms with van der Waals surface area (Å²) in [5.74, 6) is -2.12. The third-order valence-electron chi connectivity index (χ3n) is 2.74. The average Bonchev–Trinajstić information content (AvgIpc) is 2.29. The van der Waals surface area contributed by atoms with E-state index < -0.39 is 17.7 Å². The van der Waals surface area contributed by atoms with Gasteiger partial charge in [-0.05, 0) is 45.5 Å². The maximum absolute atomic E-state index is 13.1. The molecule has 1 unspecified atom stereocenters. The van der Waals surface area contributed by atoms with Crippen molar-refractivity contribution in [2.24, 2.45) is 0 Å². The van der Waals surface area contributed by atoms with E-state index >= 15 is 0 Å². The second-order valence-electron chi connectivity index (χ2n) is 6.18. The van der Waals surface area contributed by atoms with Crippen LogP contribution in [0.15, 0.2) is 18.2 Å². The summed E-state index contributed by atoms with van der Waals surface area (Å²) in [5.41, 5.74) is -0.0478. The van der Waals surface area contributed by atoms with Gasteiger partial charge in [-0.15, -0.1) is 0 Å². The normalized spacial score (nSPS) is 13.3. The van der Waals surface area contributed by atoms with Crippen molar-refractivity contribution >= 4 is 5.91 Å². The van der Waals surface area contributed by atoms with Gasteiger partial charge in [-0.25, -0.2) is 8.78 Å². The fourth-order valence-electron chi connectivity index (χ4n) is 1.89. The van der Waals surface area contributed by atoms with Crippen molar-refractivity contribution in [3.8, 4) is 0 Å². The lowest BCUT2D eigenvalue weighted by Crippen LogP contribution is -2.45. The fraction of sp³-hybridized carbons (Fsp3) is 0.533. The maximum atomic E-state index is 13.1. The zero-order chi connectivity index (χ0) is 16.2. The van der Waals surface area contributed by atoms with Gasteiger partial charge in [0.2, 0.25) is 5.91 Å². The van der Waals surface area contributed by atoms with Crippen LogP contribution in [0.3, 0.4) is 0 Å². The van der Waals surface area contributed by atoms with Gasteiger partial charge in [-0.1, -0.05) is 6.07 Å². The molecule has 1 aromatic carbocycles. The molecule has 0 saturated heterocycles. The molecule has 0 spiro atoms. The van der Waals surface area contributed by atoms with Crippen molar-refractivity contribution in [2.75, 3.05) is 20.1 Å². The SMILES string of the molecule is CN(CC(=O)NC(C)(C)C)CC(O)c1ccc(F)c(F)c1. The number of aliphatic hydroxyl groups is 1. The van der Waals surface area contributed by atoms with Crippen LogP contribution in [0.25, 0.3) is 0 Å². The minimum absolute atomic E-state index is 0.109. The van der Waals surface area contributed by atoms with Crippen molar-refractivity contribution in [3.05, 3.63) is 35.4 Å². The summed E-state index contributed by atoms with van der Waals surface area (Å²) >= 11 is 0. The summed E-state index contributed by atoms with van der Waals surface area (Å²) in [5, 5.41) is 12.8. The van der Waals surface area contributed by atoms with Gasteiger partial charge < -0.3 is 10.4 Å². The first-order valence-corrected chi connectivity index (χ1v) is 6.71. The second kappa shape index (κ2) is 6.95. The Morgan fingerprint density at radius 3 is 2.48 bits per heavy atom. The van der Waals surface area contributed by atoms with Gasteiger partial charge in [0.05, 0.1) is 12.6 Å². The average molecular weight is 300 g/mol. The number of hydrogen-bond donors (Lipinski definition) is 2. The molecule has 0 saturated carbocycles. The number of benzene rings is 1. The van der Waals surface area contributed by atoms with Crippen molar-refractivity contribution in [1.29, 1.82) is 0 Å². The van der Waals surface area contributed by atoms with Crippen LogP contribution in [-0.2, 0) is 4.79 Å². The summed E-state index contributed by atoms with van der Waals surface area (Å²) in [6, 6.07) is 3.26. The van der Waals surface area contributed by atoms with Crippen molar-refractivity contribution < 1.29 is 18.7 Å². The quantitative estimate of drug-likeness (QED) is 0.872. The van der Waals surface area contributed by atoms with E-state index in [2.05, 4.69) is 5.32 Å². The number of amides is 1. The van der Waals surface area contributed by atoms with Crippen LogP contribution in [0, 0.1) is 11.6 Å². The first kappa shape index (κ1) is 17.5. The molecule has 1 amide bonds. The molecule has 0 heterocycles. The van der Waals surface area contributed by atoms with E-state index in [0.717, 1.165) is 12.1 Å². The molecule has 1 atom stereocenters. The largest absolute Gasteiger partial charge is 0.387 e. The van der Waals surface area contributed by atoms with Crippen LogP contribution in [0.5, 0.6) is 0 Å². The standard InChI is InChI=1S/C15H22F2N2O2/c1-15(2,3)18-14(21)9-19(4)8-13(20)10-5-6-11(16)12(17)7-10/h5-7,13,20H,8-9H2,1-4H3,(H,18,21). The summed E-state index contributed by atoms with van der Waals surface area (Å²) in [4.78, 5) is 13.4. The lowest BCUT2D eigenvalue weighted by Gasteiger charge is -2.24. The Kier molecular flexibility index (Phi) is 5.80. The minimum Gasteiger partial charge on any atom is -0.387 e. The summed E-state index contributed by atoms with van der Waals surface area (Å²) < 4.78 is 25.9. The number of nitrogens with one attached hydrogen (secondary N) is 1. The Bertz CT molecular complexity index is 501. The van der Waals surface area contributed by atoms with Crippen LogP contribution in [0.1, 0.15) is 32.4 Å². The van der Waals surface area contributed by atoms with Crippen LogP contribution < -0.4 is 5.32 Å². The Labute approximate surface area is 123 Å². The smallest absolute Gasteiger partial charge is 0.234 e. The fourth-order valence-corrected chi connectivity index (χ4v) is 1.89. The highest BCUT2D eigenvalue weighted by Gasteiger charge is 2.18. The van der Waals surface area contributed by atoms with Gasteiger partial charge in [0, 0.05) is 12.1 Å². The van der Waals surface area contributed by atoms with Crippen LogP contribution in [-0.4, -0.2) is 41.6 Å². The number of rotatable bonds is 5. The van der Waals surface area contributed by atoms with Gasteiger partial charge in [-0.3, -0.25) is 9.69 Å². The molecule has 0 aliphatic carbocycles. The highest BCUT2D eigenvalue weighted by molar-refractivity contribution is 5.78. The molecule has 6 heteroatoms. The molecule has 0 aromatic heterocycles. The molecule has 2 N–H and O–H groups in total. The number of nitrogens with zero attached hydrogens (tertiary/aromatic N) is 1. The lowest BCUT2D eigenvalue weighted by atomic mass is 10.1. The van der Waals surface area contributed by atoms with Crippen LogP contribution >= 0.6 is 0 Å². The first-order chi connectivity index (χ1) is 9.58. The third kappa shape index (κ3) is 6.18. The Morgan fingerprint density at radius 2 is 1.95 bits per heavy atom. The predicted molar refractivity (Wildman–Crippen MR) is 76.7 cm³/mol. The number of likely N-dealkylation sites (N-methyl/N-ethyl adjacent to an activating group) is 1. The first-order valence-electron chi connectivity index (χ1n) is 6.71. The van der Waals surface area contributed by atoms with Gasteiger partial charge in [0.25, 0.3) is 0 Å². The molecule has 1 aromatic rings. The molecule has 0 aliphatic heterocycles. The number of aliphatic hydroxyl groups excluding tert-OH is 1. The molecule has 0 aliphatic rings. The monoisotopic (exact) mass is 300 g/mol. The van der Waals surface area contributed by atoms with E-state index in [1.807, 2.05) is 20.8 Å². The Morgan fingerprint density at radius 1 is 1.33 bits per heavy atom. The van der Waals surface area contributed by atoms with Gasteiger partial charge in [0.15, 0.2) is 11.6 Å². The van der Waals surface area contributed by atoms with E-state index in [1.165, 1.54) is 6.07 Å². The molecule has 118 valence electrons. The van der Waals surface area contributed by atoms with Crippen molar-refractivity contribution in [2.45, 2.75) is 32.4 Å². The molecule has 0 radical (unpaired) electrons. The van der Waals surface area contributed by atoms with Gasteiger partial charge in [0.1, 0.15) is 0 Å². The lowest BCUT2D eigenvalue weighted by molar-refractivity contribution is -0.123. The predicted octanol–water partition coefficient (Wildman–Crippen LogP) is 1.84. The minimum atomic E-state index is -1.00. The Balaban J connectivity index is 2.55.